The molecule has 0 saturated carbocycles. The van der Waals surface area contributed by atoms with Crippen LogP contribution >= 0.6 is 11.3 Å². The minimum Gasteiger partial charge on any atom is -0.481 e. The molecular weight excluding hydrogens is 266 g/mol. The smallest absolute Gasteiger partial charge is 0.310 e. The van der Waals surface area contributed by atoms with Gasteiger partial charge in [-0.2, -0.15) is 0 Å². The van der Waals surface area contributed by atoms with Gasteiger partial charge in [-0.15, -0.1) is 11.3 Å². The molecule has 0 amide bonds. The highest BCUT2D eigenvalue weighted by atomic mass is 32.1. The Hall–Kier alpha value is -1.99. The van der Waals surface area contributed by atoms with Crippen molar-refractivity contribution in [3.05, 3.63) is 50.0 Å². The van der Waals surface area contributed by atoms with Crippen LogP contribution in [0.25, 0.3) is 0 Å². The van der Waals surface area contributed by atoms with Crippen LogP contribution in [-0.2, 0) is 13.2 Å². The van der Waals surface area contributed by atoms with Crippen LogP contribution in [0, 0.1) is 17.0 Å². The van der Waals surface area contributed by atoms with Gasteiger partial charge in [0, 0.05) is 18.8 Å². The minimum atomic E-state index is -0.465. The van der Waals surface area contributed by atoms with Crippen molar-refractivity contribution in [2.45, 2.75) is 20.1 Å². The van der Waals surface area contributed by atoms with Gasteiger partial charge in [0.2, 0.25) is 0 Å². The van der Waals surface area contributed by atoms with Crippen molar-refractivity contribution >= 4 is 17.0 Å². The fourth-order valence-corrected chi connectivity index (χ4v) is 2.28. The summed E-state index contributed by atoms with van der Waals surface area (Å²) in [6.45, 7) is 2.47. The quantitative estimate of drug-likeness (QED) is 0.670. The van der Waals surface area contributed by atoms with E-state index in [1.165, 1.54) is 17.4 Å². The lowest BCUT2D eigenvalue weighted by Crippen LogP contribution is -2.01. The minimum absolute atomic E-state index is 0.0570. The van der Waals surface area contributed by atoms with Gasteiger partial charge in [-0.05, 0) is 18.6 Å². The van der Waals surface area contributed by atoms with Crippen LogP contribution < -0.4 is 10.5 Å². The first-order valence-corrected chi connectivity index (χ1v) is 6.43. The average molecular weight is 279 g/mol. The van der Waals surface area contributed by atoms with Gasteiger partial charge in [-0.25, -0.2) is 4.98 Å². The van der Waals surface area contributed by atoms with E-state index in [1.54, 1.807) is 18.3 Å². The van der Waals surface area contributed by atoms with Gasteiger partial charge in [0.15, 0.2) is 5.75 Å². The number of nitro benzene ring substituents is 1. The number of aryl methyl sites for hydroxylation is 1. The van der Waals surface area contributed by atoms with Crippen LogP contribution in [0.4, 0.5) is 5.69 Å². The zero-order valence-electron chi connectivity index (χ0n) is 10.3. The number of nitrogens with two attached hydrogens (primary N) is 1. The topological polar surface area (TPSA) is 91.3 Å². The fourth-order valence-electron chi connectivity index (χ4n) is 1.57. The second-order valence-electron chi connectivity index (χ2n) is 3.90. The summed E-state index contributed by atoms with van der Waals surface area (Å²) in [6.07, 6.45) is 1.71. The Bertz CT molecular complexity index is 598. The lowest BCUT2D eigenvalue weighted by atomic mass is 10.2. The molecule has 0 aliphatic carbocycles. The zero-order valence-corrected chi connectivity index (χ0v) is 11.1. The maximum absolute atomic E-state index is 10.9. The Balaban J connectivity index is 2.19. The molecule has 0 bridgehead atoms. The predicted molar refractivity (Wildman–Crippen MR) is 72.2 cm³/mol. The molecule has 0 radical (unpaired) electrons. The number of hydrogen-bond acceptors (Lipinski definition) is 6. The van der Waals surface area contributed by atoms with Crippen molar-refractivity contribution in [1.82, 2.24) is 4.98 Å². The number of benzene rings is 1. The summed E-state index contributed by atoms with van der Waals surface area (Å²) < 4.78 is 5.51. The molecular formula is C12H13N3O3S. The molecule has 1 heterocycles. The molecule has 19 heavy (non-hydrogen) atoms. The summed E-state index contributed by atoms with van der Waals surface area (Å²) in [6, 6.07) is 4.64. The molecule has 2 aromatic rings. The largest absolute Gasteiger partial charge is 0.481 e. The predicted octanol–water partition coefficient (Wildman–Crippen LogP) is 2.40. The van der Waals surface area contributed by atoms with Crippen LogP contribution in [0.1, 0.15) is 15.4 Å². The number of ether oxygens (including phenoxy) is 1. The Morgan fingerprint density at radius 1 is 1.53 bits per heavy atom. The van der Waals surface area contributed by atoms with E-state index in [1.807, 2.05) is 6.92 Å². The summed E-state index contributed by atoms with van der Waals surface area (Å²) in [5.74, 6) is 0.235. The van der Waals surface area contributed by atoms with Crippen molar-refractivity contribution < 1.29 is 9.66 Å². The molecule has 1 aromatic heterocycles. The molecule has 0 unspecified atom stereocenters. The highest BCUT2D eigenvalue weighted by molar-refractivity contribution is 7.11. The van der Waals surface area contributed by atoms with Crippen molar-refractivity contribution in [1.29, 1.82) is 0 Å². The fraction of sp³-hybridized carbons (Fsp3) is 0.250. The van der Waals surface area contributed by atoms with Gasteiger partial charge in [-0.1, -0.05) is 6.07 Å². The maximum atomic E-state index is 10.9. The third-order valence-electron chi connectivity index (χ3n) is 2.50. The molecule has 0 atom stereocenters. The van der Waals surface area contributed by atoms with E-state index in [4.69, 9.17) is 10.5 Å². The molecule has 100 valence electrons. The molecule has 0 spiro atoms. The van der Waals surface area contributed by atoms with Crippen molar-refractivity contribution in [3.63, 3.8) is 0 Å². The summed E-state index contributed by atoms with van der Waals surface area (Å²) in [7, 11) is 0. The van der Waals surface area contributed by atoms with E-state index in [0.717, 1.165) is 15.4 Å². The molecule has 0 aliphatic heterocycles. The molecule has 7 heteroatoms. The Morgan fingerprint density at radius 2 is 2.32 bits per heavy atom. The number of nitro groups is 1. The highest BCUT2D eigenvalue weighted by Gasteiger charge is 2.15. The van der Waals surface area contributed by atoms with Gasteiger partial charge < -0.3 is 10.5 Å². The van der Waals surface area contributed by atoms with E-state index in [-0.39, 0.29) is 18.0 Å². The molecule has 0 fully saturated rings. The van der Waals surface area contributed by atoms with Crippen molar-refractivity contribution in [3.8, 4) is 5.75 Å². The summed E-state index contributed by atoms with van der Waals surface area (Å²) in [4.78, 5) is 15.5. The van der Waals surface area contributed by atoms with Gasteiger partial charge in [0.1, 0.15) is 6.61 Å². The van der Waals surface area contributed by atoms with E-state index in [9.17, 15) is 10.1 Å². The number of thiazole rings is 1. The summed E-state index contributed by atoms with van der Waals surface area (Å²) >= 11 is 1.50. The number of hydrogen-bond donors (Lipinski definition) is 1. The standard InChI is InChI=1S/C12H13N3O3S/c1-8-14-6-10(19-8)7-18-12-4-9(5-13)2-3-11(12)15(16)17/h2-4,6H,5,7,13H2,1H3. The van der Waals surface area contributed by atoms with Crippen molar-refractivity contribution in [2.75, 3.05) is 0 Å². The SMILES string of the molecule is Cc1ncc(COc2cc(CN)ccc2[N+](=O)[O-])s1. The van der Waals surface area contributed by atoms with E-state index in [2.05, 4.69) is 4.98 Å². The zero-order chi connectivity index (χ0) is 13.8. The first kappa shape index (κ1) is 13.4. The lowest BCUT2D eigenvalue weighted by molar-refractivity contribution is -0.386. The summed E-state index contributed by atoms with van der Waals surface area (Å²) in [5.41, 5.74) is 6.26. The van der Waals surface area contributed by atoms with Gasteiger partial charge >= 0.3 is 5.69 Å². The van der Waals surface area contributed by atoms with Crippen molar-refractivity contribution in [2.24, 2.45) is 5.73 Å². The lowest BCUT2D eigenvalue weighted by Gasteiger charge is -2.06. The first-order chi connectivity index (χ1) is 9.10. The second-order valence-corrected chi connectivity index (χ2v) is 5.22. The number of nitrogens with zero attached hydrogens (tertiary/aromatic N) is 2. The van der Waals surface area contributed by atoms with Crippen LogP contribution in [0.5, 0.6) is 5.75 Å². The highest BCUT2D eigenvalue weighted by Crippen LogP contribution is 2.29. The number of aromatic nitrogens is 1. The summed E-state index contributed by atoms with van der Waals surface area (Å²) in [5, 5.41) is 11.9. The normalized spacial score (nSPS) is 10.4. The molecule has 2 rings (SSSR count). The maximum Gasteiger partial charge on any atom is 0.310 e. The third-order valence-corrected chi connectivity index (χ3v) is 3.38. The Labute approximate surface area is 114 Å². The van der Waals surface area contributed by atoms with Gasteiger partial charge in [0.05, 0.1) is 14.8 Å². The Morgan fingerprint density at radius 3 is 2.89 bits per heavy atom. The Kier molecular flexibility index (Phi) is 4.08. The molecule has 0 saturated heterocycles. The van der Waals surface area contributed by atoms with E-state index in [0.29, 0.717) is 6.54 Å². The third kappa shape index (κ3) is 3.27. The second kappa shape index (κ2) is 5.77. The van der Waals surface area contributed by atoms with E-state index >= 15 is 0 Å². The van der Waals surface area contributed by atoms with Gasteiger partial charge in [0.25, 0.3) is 0 Å². The van der Waals surface area contributed by atoms with Crippen LogP contribution in [0.15, 0.2) is 24.4 Å². The molecule has 0 aliphatic rings. The van der Waals surface area contributed by atoms with E-state index < -0.39 is 4.92 Å². The van der Waals surface area contributed by atoms with Gasteiger partial charge in [-0.3, -0.25) is 10.1 Å². The number of rotatable bonds is 5. The first-order valence-electron chi connectivity index (χ1n) is 5.61. The van der Waals surface area contributed by atoms with Crippen LogP contribution in [0.3, 0.4) is 0 Å². The molecule has 6 nitrogen and oxygen atoms in total. The molecule has 2 N–H and O–H groups in total. The average Bonchev–Trinajstić information content (AvgIpc) is 2.81. The monoisotopic (exact) mass is 279 g/mol. The van der Waals surface area contributed by atoms with Crippen LogP contribution in [-0.4, -0.2) is 9.91 Å². The van der Waals surface area contributed by atoms with Crippen LogP contribution in [0.2, 0.25) is 0 Å². The molecule has 1 aromatic carbocycles.